The number of carbonyl (C=O) groups is 4. The number of pyridine rings is 1. The summed E-state index contributed by atoms with van der Waals surface area (Å²) in [5.74, 6) is -0.877. The molecule has 0 aliphatic rings. The molecule has 11 heteroatoms. The molecule has 11 nitrogen and oxygen atoms in total. The molecule has 2 aromatic carbocycles. The van der Waals surface area contributed by atoms with Gasteiger partial charge >= 0.3 is 6.09 Å². The van der Waals surface area contributed by atoms with Crippen LogP contribution in [0, 0.1) is 17.8 Å². The number of amides is 4. The number of carbonyl (C=O) groups excluding carboxylic acids is 4. The van der Waals surface area contributed by atoms with Crippen molar-refractivity contribution in [3.8, 4) is 0 Å². The summed E-state index contributed by atoms with van der Waals surface area (Å²) in [6, 6.07) is 15.8. The fourth-order valence-corrected chi connectivity index (χ4v) is 5.58. The number of benzene rings is 2. The molecule has 50 heavy (non-hydrogen) atoms. The largest absolute Gasteiger partial charge is 0.445 e. The maximum Gasteiger partial charge on any atom is 0.408 e. The molecule has 0 spiro atoms. The maximum absolute atomic E-state index is 14.0. The van der Waals surface area contributed by atoms with Gasteiger partial charge in [-0.15, -0.1) is 0 Å². The first-order chi connectivity index (χ1) is 23.9. The molecule has 0 radical (unpaired) electrons. The lowest BCUT2D eigenvalue weighted by atomic mass is 9.95. The SMILES string of the molecule is CCC(C)CNC(=O)C[C@H](O)[C@H](CC(C)C)NC(=O)[C@H](CC(C)C)NC(=O)[C@H](Cc1ccnc2ccccc12)NC(=O)OCc1ccccc1. The number of rotatable bonds is 19. The zero-order valence-corrected chi connectivity index (χ0v) is 30.3. The van der Waals surface area contributed by atoms with Crippen LogP contribution in [0.25, 0.3) is 10.9 Å². The highest BCUT2D eigenvalue weighted by molar-refractivity contribution is 5.92. The van der Waals surface area contributed by atoms with Crippen LogP contribution < -0.4 is 21.3 Å². The maximum atomic E-state index is 14.0. The van der Waals surface area contributed by atoms with E-state index in [2.05, 4.69) is 26.3 Å². The number of aliphatic hydroxyl groups excluding tert-OH is 1. The van der Waals surface area contributed by atoms with Crippen molar-refractivity contribution in [3.63, 3.8) is 0 Å². The van der Waals surface area contributed by atoms with E-state index < -0.39 is 42.1 Å². The van der Waals surface area contributed by atoms with E-state index in [1.165, 1.54) is 0 Å². The molecule has 0 aliphatic carbocycles. The first-order valence-corrected chi connectivity index (χ1v) is 17.7. The number of ether oxygens (including phenoxy) is 1. The third-order valence-corrected chi connectivity index (χ3v) is 8.58. The standard InChI is InChI=1S/C39H55N5O6/c1-7-27(6)23-41-36(46)22-35(45)32(19-25(2)3)42-37(47)33(20-26(4)5)43-38(48)34(44-39(49)50-24-28-13-9-8-10-14-28)21-29-17-18-40-31-16-12-11-15-30(29)31/h8-18,25-27,32-35,45H,7,19-24H2,1-6H3,(H,41,46)(H,42,47)(H,43,48)(H,44,49)/t27?,32-,33-,34-,35-/m0/s1. The minimum atomic E-state index is -1.12. The predicted octanol–water partition coefficient (Wildman–Crippen LogP) is 5.05. The van der Waals surface area contributed by atoms with E-state index in [-0.39, 0.29) is 37.2 Å². The average molecular weight is 690 g/mol. The summed E-state index contributed by atoms with van der Waals surface area (Å²) in [4.78, 5) is 57.9. The Morgan fingerprint density at radius 2 is 1.46 bits per heavy atom. The Morgan fingerprint density at radius 1 is 0.800 bits per heavy atom. The van der Waals surface area contributed by atoms with Crippen LogP contribution in [0.4, 0.5) is 4.79 Å². The van der Waals surface area contributed by atoms with Gasteiger partial charge in [0, 0.05) is 24.5 Å². The van der Waals surface area contributed by atoms with Crippen LogP contribution in [0.2, 0.25) is 0 Å². The van der Waals surface area contributed by atoms with Gasteiger partial charge in [-0.1, -0.05) is 96.5 Å². The molecular formula is C39H55N5O6. The second-order valence-corrected chi connectivity index (χ2v) is 14.0. The van der Waals surface area contributed by atoms with Crippen molar-refractivity contribution in [2.75, 3.05) is 6.54 Å². The van der Waals surface area contributed by atoms with E-state index in [1.807, 2.05) is 96.1 Å². The second-order valence-electron chi connectivity index (χ2n) is 14.0. The fraction of sp³-hybridized carbons (Fsp3) is 0.513. The monoisotopic (exact) mass is 689 g/mol. The minimum absolute atomic E-state index is 0.0206. The van der Waals surface area contributed by atoms with Crippen LogP contribution in [0.5, 0.6) is 0 Å². The van der Waals surface area contributed by atoms with Crippen molar-refractivity contribution in [2.24, 2.45) is 17.8 Å². The first-order valence-electron chi connectivity index (χ1n) is 17.7. The molecule has 0 saturated carbocycles. The van der Waals surface area contributed by atoms with E-state index in [0.29, 0.717) is 25.3 Å². The summed E-state index contributed by atoms with van der Waals surface area (Å²) >= 11 is 0. The second kappa shape index (κ2) is 20.2. The zero-order valence-electron chi connectivity index (χ0n) is 30.3. The van der Waals surface area contributed by atoms with Gasteiger partial charge in [0.15, 0.2) is 0 Å². The van der Waals surface area contributed by atoms with Gasteiger partial charge in [-0.05, 0) is 53.9 Å². The molecule has 3 aromatic rings. The molecule has 1 unspecified atom stereocenters. The molecule has 272 valence electrons. The highest BCUT2D eigenvalue weighted by Gasteiger charge is 2.32. The third-order valence-electron chi connectivity index (χ3n) is 8.58. The quantitative estimate of drug-likeness (QED) is 0.118. The number of aliphatic hydroxyl groups is 1. The topological polar surface area (TPSA) is 159 Å². The average Bonchev–Trinajstić information content (AvgIpc) is 3.08. The number of alkyl carbamates (subject to hydrolysis) is 1. The van der Waals surface area contributed by atoms with Crippen LogP contribution in [-0.2, 0) is 32.1 Å². The lowest BCUT2D eigenvalue weighted by Crippen LogP contribution is -2.57. The van der Waals surface area contributed by atoms with Gasteiger partial charge in [0.2, 0.25) is 17.7 Å². The smallest absolute Gasteiger partial charge is 0.408 e. The number of hydrogen-bond donors (Lipinski definition) is 5. The molecule has 3 rings (SSSR count). The Kier molecular flexibility index (Phi) is 16.2. The lowest BCUT2D eigenvalue weighted by molar-refractivity contribution is -0.131. The van der Waals surface area contributed by atoms with E-state index in [0.717, 1.165) is 28.5 Å². The molecule has 1 heterocycles. The highest BCUT2D eigenvalue weighted by Crippen LogP contribution is 2.19. The van der Waals surface area contributed by atoms with Crippen molar-refractivity contribution in [3.05, 3.63) is 78.0 Å². The van der Waals surface area contributed by atoms with Crippen LogP contribution in [0.1, 0.15) is 78.4 Å². The Bertz CT molecular complexity index is 1530. The summed E-state index contributed by atoms with van der Waals surface area (Å²) < 4.78 is 5.45. The first kappa shape index (κ1) is 39.9. The van der Waals surface area contributed by atoms with Crippen molar-refractivity contribution in [1.82, 2.24) is 26.3 Å². The van der Waals surface area contributed by atoms with Gasteiger partial charge in [0.25, 0.3) is 0 Å². The van der Waals surface area contributed by atoms with E-state index in [1.54, 1.807) is 12.3 Å². The molecule has 4 amide bonds. The highest BCUT2D eigenvalue weighted by atomic mass is 16.5. The van der Waals surface area contributed by atoms with Crippen molar-refractivity contribution in [2.45, 2.75) is 104 Å². The molecule has 5 N–H and O–H groups in total. The van der Waals surface area contributed by atoms with Crippen LogP contribution >= 0.6 is 0 Å². The Balaban J connectivity index is 1.80. The lowest BCUT2D eigenvalue weighted by Gasteiger charge is -2.29. The van der Waals surface area contributed by atoms with Gasteiger partial charge in [-0.2, -0.15) is 0 Å². The predicted molar refractivity (Wildman–Crippen MR) is 195 cm³/mol. The molecule has 5 atom stereocenters. The van der Waals surface area contributed by atoms with Gasteiger partial charge in [0.05, 0.1) is 24.1 Å². The van der Waals surface area contributed by atoms with Gasteiger partial charge < -0.3 is 31.1 Å². The molecule has 0 bridgehead atoms. The summed E-state index contributed by atoms with van der Waals surface area (Å²) in [5.41, 5.74) is 2.33. The van der Waals surface area contributed by atoms with Crippen LogP contribution in [0.3, 0.4) is 0 Å². The normalized spacial score (nSPS) is 14.3. The Labute approximate surface area is 296 Å². The zero-order chi connectivity index (χ0) is 36.6. The molecule has 0 aliphatic heterocycles. The number of aromatic nitrogens is 1. The molecule has 1 aromatic heterocycles. The molecular weight excluding hydrogens is 634 g/mol. The van der Waals surface area contributed by atoms with Gasteiger partial charge in [0.1, 0.15) is 18.7 Å². The number of fused-ring (bicyclic) bond motifs is 1. The molecule has 0 saturated heterocycles. The van der Waals surface area contributed by atoms with E-state index in [9.17, 15) is 24.3 Å². The summed E-state index contributed by atoms with van der Waals surface area (Å²) in [7, 11) is 0. The number of nitrogens with one attached hydrogen (secondary N) is 4. The summed E-state index contributed by atoms with van der Waals surface area (Å²) in [6.07, 6.45) is 1.37. The summed E-state index contributed by atoms with van der Waals surface area (Å²) in [6.45, 7) is 12.4. The Hall–Kier alpha value is -4.51. The van der Waals surface area contributed by atoms with E-state index >= 15 is 0 Å². The summed E-state index contributed by atoms with van der Waals surface area (Å²) in [5, 5.41) is 23.3. The van der Waals surface area contributed by atoms with Crippen LogP contribution in [0.15, 0.2) is 66.9 Å². The number of hydrogen-bond acceptors (Lipinski definition) is 7. The minimum Gasteiger partial charge on any atom is -0.445 e. The fourth-order valence-electron chi connectivity index (χ4n) is 5.58. The molecule has 0 fully saturated rings. The van der Waals surface area contributed by atoms with Crippen LogP contribution in [-0.4, -0.2) is 64.7 Å². The number of nitrogens with zero attached hydrogens (tertiary/aromatic N) is 1. The van der Waals surface area contributed by atoms with E-state index in [4.69, 9.17) is 4.74 Å². The Morgan fingerprint density at radius 3 is 2.14 bits per heavy atom. The number of para-hydroxylation sites is 1. The van der Waals surface area contributed by atoms with Crippen molar-refractivity contribution >= 4 is 34.7 Å². The van der Waals surface area contributed by atoms with Gasteiger partial charge in [-0.25, -0.2) is 4.79 Å². The van der Waals surface area contributed by atoms with Crippen molar-refractivity contribution < 1.29 is 29.0 Å². The third kappa shape index (κ3) is 13.4. The van der Waals surface area contributed by atoms with Crippen molar-refractivity contribution in [1.29, 1.82) is 0 Å². The van der Waals surface area contributed by atoms with Gasteiger partial charge in [-0.3, -0.25) is 19.4 Å².